The lowest BCUT2D eigenvalue weighted by atomic mass is 10.2. The second kappa shape index (κ2) is 11.6. The number of methoxy groups -OCH3 is 2. The predicted molar refractivity (Wildman–Crippen MR) is 105 cm³/mol. The van der Waals surface area contributed by atoms with Crippen molar-refractivity contribution in [1.29, 1.82) is 0 Å². The lowest BCUT2D eigenvalue weighted by Gasteiger charge is -2.25. The van der Waals surface area contributed by atoms with Crippen molar-refractivity contribution < 1.29 is 9.47 Å². The Hall–Kier alpha value is -1.95. The van der Waals surface area contributed by atoms with Gasteiger partial charge in [0.1, 0.15) is 11.5 Å². The Kier molecular flexibility index (Phi) is 9.77. The number of hydrogen-bond acceptors (Lipinski definition) is 4. The molecule has 0 atom stereocenters. The minimum absolute atomic E-state index is 0.708. The van der Waals surface area contributed by atoms with Crippen LogP contribution in [0.5, 0.6) is 11.5 Å². The summed E-state index contributed by atoms with van der Waals surface area (Å²) in [6, 6.07) is 5.89. The predicted octanol–water partition coefficient (Wildman–Crippen LogP) is 2.44. The highest BCUT2D eigenvalue weighted by Gasteiger charge is 2.11. The van der Waals surface area contributed by atoms with Crippen molar-refractivity contribution >= 4 is 5.96 Å². The number of nitrogens with zero attached hydrogens (tertiary/aromatic N) is 3. The van der Waals surface area contributed by atoms with Crippen LogP contribution in [-0.4, -0.2) is 70.3 Å². The molecule has 6 nitrogen and oxygen atoms in total. The van der Waals surface area contributed by atoms with Gasteiger partial charge in [-0.1, -0.05) is 13.8 Å². The summed E-state index contributed by atoms with van der Waals surface area (Å²) < 4.78 is 10.7. The molecule has 1 aromatic rings. The van der Waals surface area contributed by atoms with Crippen LogP contribution in [-0.2, 0) is 6.54 Å². The molecule has 0 fully saturated rings. The highest BCUT2D eigenvalue weighted by Crippen LogP contribution is 2.25. The highest BCUT2D eigenvalue weighted by molar-refractivity contribution is 5.79. The molecule has 0 spiro atoms. The van der Waals surface area contributed by atoms with Gasteiger partial charge in [0.05, 0.1) is 14.2 Å². The molecule has 1 rings (SSSR count). The number of rotatable bonds is 10. The zero-order valence-corrected chi connectivity index (χ0v) is 16.6. The van der Waals surface area contributed by atoms with E-state index in [1.165, 1.54) is 6.42 Å². The fraction of sp³-hybridized carbons (Fsp3) is 0.632. The fourth-order valence-corrected chi connectivity index (χ4v) is 2.77. The summed E-state index contributed by atoms with van der Waals surface area (Å²) in [5.41, 5.74) is 1.09. The topological polar surface area (TPSA) is 49.3 Å². The van der Waals surface area contributed by atoms with Gasteiger partial charge in [-0.2, -0.15) is 0 Å². The fourth-order valence-electron chi connectivity index (χ4n) is 2.77. The van der Waals surface area contributed by atoms with E-state index in [2.05, 4.69) is 34.0 Å². The van der Waals surface area contributed by atoms with E-state index in [4.69, 9.17) is 9.47 Å². The SMILES string of the molecule is CCCN(CC)CCNC(=NC)N(C)Cc1ccc(OC)cc1OC. The van der Waals surface area contributed by atoms with Gasteiger partial charge in [0.15, 0.2) is 5.96 Å². The van der Waals surface area contributed by atoms with Crippen LogP contribution in [0.15, 0.2) is 23.2 Å². The molecule has 1 N–H and O–H groups in total. The molecule has 0 bridgehead atoms. The lowest BCUT2D eigenvalue weighted by molar-refractivity contribution is 0.291. The van der Waals surface area contributed by atoms with Crippen LogP contribution >= 0.6 is 0 Å². The minimum Gasteiger partial charge on any atom is -0.497 e. The molecular weight excluding hydrogens is 316 g/mol. The molecule has 0 unspecified atom stereocenters. The van der Waals surface area contributed by atoms with E-state index in [0.717, 1.165) is 49.2 Å². The molecule has 0 amide bonds. The maximum absolute atomic E-state index is 5.48. The van der Waals surface area contributed by atoms with Crippen molar-refractivity contribution in [3.8, 4) is 11.5 Å². The van der Waals surface area contributed by atoms with Gasteiger partial charge >= 0.3 is 0 Å². The highest BCUT2D eigenvalue weighted by atomic mass is 16.5. The zero-order valence-electron chi connectivity index (χ0n) is 16.6. The van der Waals surface area contributed by atoms with Gasteiger partial charge in [0.25, 0.3) is 0 Å². The third-order valence-electron chi connectivity index (χ3n) is 4.17. The first-order valence-corrected chi connectivity index (χ1v) is 8.94. The van der Waals surface area contributed by atoms with Crippen molar-refractivity contribution in [1.82, 2.24) is 15.1 Å². The number of ether oxygens (including phenoxy) is 2. The molecule has 0 saturated heterocycles. The van der Waals surface area contributed by atoms with Gasteiger partial charge in [-0.3, -0.25) is 4.99 Å². The average Bonchev–Trinajstić information content (AvgIpc) is 2.64. The average molecular weight is 351 g/mol. The quantitative estimate of drug-likeness (QED) is 0.519. The van der Waals surface area contributed by atoms with Crippen molar-refractivity contribution in [2.24, 2.45) is 4.99 Å². The van der Waals surface area contributed by atoms with E-state index >= 15 is 0 Å². The molecule has 142 valence electrons. The Labute approximate surface area is 152 Å². The van der Waals surface area contributed by atoms with E-state index in [9.17, 15) is 0 Å². The van der Waals surface area contributed by atoms with Crippen molar-refractivity contribution in [3.05, 3.63) is 23.8 Å². The maximum Gasteiger partial charge on any atom is 0.193 e. The molecule has 1 aromatic carbocycles. The van der Waals surface area contributed by atoms with Crippen LogP contribution in [0.3, 0.4) is 0 Å². The van der Waals surface area contributed by atoms with Crippen LogP contribution in [0.2, 0.25) is 0 Å². The van der Waals surface area contributed by atoms with Crippen molar-refractivity contribution in [2.45, 2.75) is 26.8 Å². The Morgan fingerprint density at radius 3 is 2.48 bits per heavy atom. The maximum atomic E-state index is 5.48. The molecule has 0 aliphatic carbocycles. The largest absolute Gasteiger partial charge is 0.497 e. The van der Waals surface area contributed by atoms with E-state index < -0.39 is 0 Å². The molecule has 0 heterocycles. The number of guanidine groups is 1. The summed E-state index contributed by atoms with van der Waals surface area (Å²) in [7, 11) is 7.18. The van der Waals surface area contributed by atoms with Crippen LogP contribution < -0.4 is 14.8 Å². The monoisotopic (exact) mass is 350 g/mol. The Morgan fingerprint density at radius 2 is 1.92 bits per heavy atom. The summed E-state index contributed by atoms with van der Waals surface area (Å²) in [6.45, 7) is 9.23. The number of hydrogen-bond donors (Lipinski definition) is 1. The van der Waals surface area contributed by atoms with E-state index in [1.807, 2.05) is 32.3 Å². The second-order valence-electron chi connectivity index (χ2n) is 5.94. The van der Waals surface area contributed by atoms with E-state index in [0.29, 0.717) is 6.54 Å². The Morgan fingerprint density at radius 1 is 1.16 bits per heavy atom. The molecule has 0 radical (unpaired) electrons. The number of benzene rings is 1. The van der Waals surface area contributed by atoms with Gasteiger partial charge in [-0.05, 0) is 31.6 Å². The zero-order chi connectivity index (χ0) is 18.7. The van der Waals surface area contributed by atoms with E-state index in [-0.39, 0.29) is 0 Å². The van der Waals surface area contributed by atoms with Gasteiger partial charge in [0, 0.05) is 45.4 Å². The Balaban J connectivity index is 2.63. The first-order chi connectivity index (χ1) is 12.1. The van der Waals surface area contributed by atoms with Gasteiger partial charge in [-0.15, -0.1) is 0 Å². The number of likely N-dealkylation sites (N-methyl/N-ethyl adjacent to an activating group) is 1. The molecule has 0 aliphatic heterocycles. The first kappa shape index (κ1) is 21.1. The van der Waals surface area contributed by atoms with Crippen LogP contribution in [0, 0.1) is 0 Å². The minimum atomic E-state index is 0.708. The summed E-state index contributed by atoms with van der Waals surface area (Å²) >= 11 is 0. The van der Waals surface area contributed by atoms with Gasteiger partial charge in [-0.25, -0.2) is 0 Å². The normalized spacial score (nSPS) is 11.6. The molecular formula is C19H34N4O2. The van der Waals surface area contributed by atoms with Crippen LogP contribution in [0.25, 0.3) is 0 Å². The van der Waals surface area contributed by atoms with E-state index in [1.54, 1.807) is 14.2 Å². The summed E-state index contributed by atoms with van der Waals surface area (Å²) in [6.07, 6.45) is 1.18. The summed E-state index contributed by atoms with van der Waals surface area (Å²) in [5, 5.41) is 3.44. The first-order valence-electron chi connectivity index (χ1n) is 8.94. The lowest BCUT2D eigenvalue weighted by Crippen LogP contribution is -2.42. The van der Waals surface area contributed by atoms with Gasteiger partial charge in [0.2, 0.25) is 0 Å². The molecule has 0 aliphatic rings. The number of nitrogens with one attached hydrogen (secondary N) is 1. The van der Waals surface area contributed by atoms with Crippen molar-refractivity contribution in [2.75, 3.05) is 54.5 Å². The summed E-state index contributed by atoms with van der Waals surface area (Å²) in [5.74, 6) is 2.49. The second-order valence-corrected chi connectivity index (χ2v) is 5.94. The van der Waals surface area contributed by atoms with Crippen LogP contribution in [0.1, 0.15) is 25.8 Å². The summed E-state index contributed by atoms with van der Waals surface area (Å²) in [4.78, 5) is 8.92. The standard InChI is InChI=1S/C19H34N4O2/c1-7-12-23(8-2)13-11-21-19(20-3)22(4)15-16-9-10-17(24-5)14-18(16)25-6/h9-10,14H,7-8,11-13,15H2,1-6H3,(H,20,21). The molecule has 0 aromatic heterocycles. The smallest absolute Gasteiger partial charge is 0.193 e. The Bertz CT molecular complexity index is 534. The number of aliphatic imine (C=N–C) groups is 1. The van der Waals surface area contributed by atoms with Crippen LogP contribution in [0.4, 0.5) is 0 Å². The molecule has 6 heteroatoms. The van der Waals surface area contributed by atoms with Crippen molar-refractivity contribution in [3.63, 3.8) is 0 Å². The third kappa shape index (κ3) is 6.82. The molecule has 25 heavy (non-hydrogen) atoms. The van der Waals surface area contributed by atoms with Gasteiger partial charge < -0.3 is 24.6 Å². The third-order valence-corrected chi connectivity index (χ3v) is 4.17. The molecule has 0 saturated carbocycles.